The SMILES string of the molecule is Oc1cc2cc3ccccc3cc2c(Sc2c(O)c(O)cc3cc4ccccc4cc23)c1O. The van der Waals surface area contributed by atoms with E-state index in [1.807, 2.05) is 72.8 Å². The van der Waals surface area contributed by atoms with Gasteiger partial charge in [0.15, 0.2) is 23.0 Å². The Morgan fingerprint density at radius 3 is 1.18 bits per heavy atom. The molecule has 6 rings (SSSR count). The maximum absolute atomic E-state index is 10.8. The fraction of sp³-hybridized carbons (Fsp3) is 0. The van der Waals surface area contributed by atoms with Crippen molar-refractivity contribution in [2.45, 2.75) is 9.79 Å². The van der Waals surface area contributed by atoms with Crippen molar-refractivity contribution in [3.63, 3.8) is 0 Å². The van der Waals surface area contributed by atoms with Crippen LogP contribution in [0.15, 0.2) is 94.7 Å². The normalized spacial score (nSPS) is 11.6. The lowest BCUT2D eigenvalue weighted by molar-refractivity contribution is 0.395. The summed E-state index contributed by atoms with van der Waals surface area (Å²) in [4.78, 5) is 0.817. The first-order valence-corrected chi connectivity index (χ1v) is 11.2. The highest BCUT2D eigenvalue weighted by atomic mass is 32.2. The fourth-order valence-corrected chi connectivity index (χ4v) is 5.56. The lowest BCUT2D eigenvalue weighted by atomic mass is 10.0. The second kappa shape index (κ2) is 7.22. The summed E-state index contributed by atoms with van der Waals surface area (Å²) < 4.78 is 0. The van der Waals surface area contributed by atoms with E-state index in [1.165, 1.54) is 12.1 Å². The van der Waals surface area contributed by atoms with E-state index in [2.05, 4.69) is 0 Å². The summed E-state index contributed by atoms with van der Waals surface area (Å²) in [5, 5.41) is 49.6. The molecule has 4 nitrogen and oxygen atoms in total. The minimum absolute atomic E-state index is 0.241. The van der Waals surface area contributed by atoms with Crippen molar-refractivity contribution >= 4 is 54.9 Å². The Morgan fingerprint density at radius 2 is 0.788 bits per heavy atom. The van der Waals surface area contributed by atoms with Gasteiger partial charge in [0, 0.05) is 10.8 Å². The molecular formula is C28H18O4S. The molecule has 6 aromatic carbocycles. The quantitative estimate of drug-likeness (QED) is 0.165. The molecule has 0 heterocycles. The van der Waals surface area contributed by atoms with Crippen LogP contribution in [0.2, 0.25) is 0 Å². The summed E-state index contributed by atoms with van der Waals surface area (Å²) in [6.07, 6.45) is 0. The zero-order chi connectivity index (χ0) is 22.7. The third kappa shape index (κ3) is 3.09. The Balaban J connectivity index is 1.66. The number of hydrogen-bond donors (Lipinski definition) is 4. The molecule has 0 fully saturated rings. The molecule has 6 aromatic rings. The van der Waals surface area contributed by atoms with E-state index in [0.717, 1.165) is 54.9 Å². The Labute approximate surface area is 193 Å². The van der Waals surface area contributed by atoms with Crippen molar-refractivity contribution in [2.75, 3.05) is 0 Å². The fourth-order valence-electron chi connectivity index (χ4n) is 4.38. The van der Waals surface area contributed by atoms with Crippen LogP contribution in [0.4, 0.5) is 0 Å². The summed E-state index contributed by atoms with van der Waals surface area (Å²) in [6, 6.07) is 26.7. The van der Waals surface area contributed by atoms with Gasteiger partial charge < -0.3 is 20.4 Å². The van der Waals surface area contributed by atoms with Crippen LogP contribution in [-0.2, 0) is 0 Å². The second-order valence-electron chi connectivity index (χ2n) is 8.09. The molecule has 0 bridgehead atoms. The monoisotopic (exact) mass is 450 g/mol. The number of aromatic hydroxyl groups is 4. The van der Waals surface area contributed by atoms with Crippen LogP contribution in [0, 0.1) is 0 Å². The van der Waals surface area contributed by atoms with Gasteiger partial charge in [0.2, 0.25) is 0 Å². The van der Waals surface area contributed by atoms with Crippen molar-refractivity contribution in [3.05, 3.63) is 84.9 Å². The number of hydrogen-bond acceptors (Lipinski definition) is 5. The number of benzene rings is 6. The van der Waals surface area contributed by atoms with Crippen molar-refractivity contribution < 1.29 is 20.4 Å². The summed E-state index contributed by atoms with van der Waals surface area (Å²) in [7, 11) is 0. The molecule has 0 atom stereocenters. The van der Waals surface area contributed by atoms with E-state index in [-0.39, 0.29) is 23.0 Å². The third-order valence-corrected chi connectivity index (χ3v) is 7.26. The summed E-state index contributed by atoms with van der Waals surface area (Å²) >= 11 is 1.13. The topological polar surface area (TPSA) is 80.9 Å². The molecule has 5 heteroatoms. The molecule has 0 aliphatic carbocycles. The predicted molar refractivity (Wildman–Crippen MR) is 134 cm³/mol. The smallest absolute Gasteiger partial charge is 0.172 e. The van der Waals surface area contributed by atoms with Crippen LogP contribution in [0.5, 0.6) is 23.0 Å². The van der Waals surface area contributed by atoms with Crippen molar-refractivity contribution in [1.82, 2.24) is 0 Å². The molecule has 4 N–H and O–H groups in total. The van der Waals surface area contributed by atoms with Gasteiger partial charge in [0.05, 0.1) is 9.79 Å². The minimum Gasteiger partial charge on any atom is -0.504 e. The average molecular weight is 451 g/mol. The molecule has 0 aliphatic rings. The molecule has 0 amide bonds. The molecule has 0 unspecified atom stereocenters. The van der Waals surface area contributed by atoms with Gasteiger partial charge in [-0.1, -0.05) is 60.3 Å². The number of phenolic OH excluding ortho intramolecular Hbond substituents is 4. The summed E-state index contributed by atoms with van der Waals surface area (Å²) in [5.74, 6) is -1.01. The summed E-state index contributed by atoms with van der Waals surface area (Å²) in [6.45, 7) is 0. The van der Waals surface area contributed by atoms with Crippen LogP contribution in [-0.4, -0.2) is 20.4 Å². The van der Waals surface area contributed by atoms with Crippen molar-refractivity contribution in [1.29, 1.82) is 0 Å². The largest absolute Gasteiger partial charge is 0.504 e. The lowest BCUT2D eigenvalue weighted by Crippen LogP contribution is -1.86. The highest BCUT2D eigenvalue weighted by Gasteiger charge is 2.20. The van der Waals surface area contributed by atoms with Crippen LogP contribution in [0.3, 0.4) is 0 Å². The minimum atomic E-state index is -0.264. The van der Waals surface area contributed by atoms with E-state index in [9.17, 15) is 20.4 Å². The molecule has 0 aliphatic heterocycles. The van der Waals surface area contributed by atoms with Gasteiger partial charge in [-0.2, -0.15) is 0 Å². The van der Waals surface area contributed by atoms with Gasteiger partial charge in [-0.15, -0.1) is 0 Å². The predicted octanol–water partition coefficient (Wildman–Crippen LogP) is 7.27. The zero-order valence-electron chi connectivity index (χ0n) is 17.3. The Morgan fingerprint density at radius 1 is 0.424 bits per heavy atom. The lowest BCUT2D eigenvalue weighted by Gasteiger charge is -2.15. The molecule has 0 spiro atoms. The van der Waals surface area contributed by atoms with Gasteiger partial charge in [-0.25, -0.2) is 0 Å². The molecule has 0 aromatic heterocycles. The summed E-state index contributed by atoms with van der Waals surface area (Å²) in [5.41, 5.74) is 0. The van der Waals surface area contributed by atoms with Gasteiger partial charge in [-0.05, 0) is 68.7 Å². The number of fused-ring (bicyclic) bond motifs is 4. The first kappa shape index (κ1) is 19.6. The van der Waals surface area contributed by atoms with Crippen LogP contribution in [0.1, 0.15) is 0 Å². The van der Waals surface area contributed by atoms with Gasteiger partial charge in [0.1, 0.15) is 0 Å². The Bertz CT molecular complexity index is 1610. The molecule has 33 heavy (non-hydrogen) atoms. The standard InChI is InChI=1S/C28H18O4S/c29-23-13-19-9-15-5-1-3-7-17(15)11-21(19)27(25(23)31)33-28-22-12-18-8-4-2-6-16(18)10-20(22)14-24(30)26(28)32/h1-14,29-32H. The van der Waals surface area contributed by atoms with Crippen LogP contribution < -0.4 is 0 Å². The third-order valence-electron chi connectivity index (χ3n) is 6.03. The maximum atomic E-state index is 10.8. The van der Waals surface area contributed by atoms with E-state index in [4.69, 9.17) is 0 Å². The average Bonchev–Trinajstić information content (AvgIpc) is 2.82. The van der Waals surface area contributed by atoms with Gasteiger partial charge in [-0.3, -0.25) is 0 Å². The Kier molecular flexibility index (Phi) is 4.28. The van der Waals surface area contributed by atoms with E-state index < -0.39 is 0 Å². The van der Waals surface area contributed by atoms with Gasteiger partial charge in [0.25, 0.3) is 0 Å². The highest BCUT2D eigenvalue weighted by Crippen LogP contribution is 2.51. The van der Waals surface area contributed by atoms with Crippen LogP contribution >= 0.6 is 11.8 Å². The molecule has 0 saturated carbocycles. The van der Waals surface area contributed by atoms with E-state index in [1.54, 1.807) is 0 Å². The highest BCUT2D eigenvalue weighted by molar-refractivity contribution is 8.00. The van der Waals surface area contributed by atoms with Gasteiger partial charge >= 0.3 is 0 Å². The first-order valence-electron chi connectivity index (χ1n) is 10.4. The van der Waals surface area contributed by atoms with Crippen LogP contribution in [0.25, 0.3) is 43.1 Å². The number of phenols is 4. The number of rotatable bonds is 2. The molecule has 160 valence electrons. The second-order valence-corrected chi connectivity index (χ2v) is 9.11. The van der Waals surface area contributed by atoms with E-state index >= 15 is 0 Å². The first-order chi connectivity index (χ1) is 16.0. The van der Waals surface area contributed by atoms with E-state index in [0.29, 0.717) is 9.79 Å². The zero-order valence-corrected chi connectivity index (χ0v) is 18.1. The maximum Gasteiger partial charge on any atom is 0.172 e. The molecule has 0 radical (unpaired) electrons. The van der Waals surface area contributed by atoms with Crippen molar-refractivity contribution in [2.24, 2.45) is 0 Å². The molecular weight excluding hydrogens is 432 g/mol. The molecule has 0 saturated heterocycles. The van der Waals surface area contributed by atoms with Crippen molar-refractivity contribution in [3.8, 4) is 23.0 Å². The Hall–Kier alpha value is -4.09.